The first kappa shape index (κ1) is 9.21. The molecule has 0 radical (unpaired) electrons. The van der Waals surface area contributed by atoms with E-state index in [2.05, 4.69) is 23.0 Å². The normalized spacial score (nSPS) is 12.5. The predicted molar refractivity (Wildman–Crippen MR) is 44.2 cm³/mol. The van der Waals surface area contributed by atoms with Crippen LogP contribution >= 0.6 is 0 Å². The van der Waals surface area contributed by atoms with E-state index in [1.54, 1.807) is 7.11 Å². The second-order valence-corrected chi connectivity index (χ2v) is 2.11. The first-order valence-electron chi connectivity index (χ1n) is 3.55. The molecule has 0 aliphatic heterocycles. The van der Waals surface area contributed by atoms with Crippen LogP contribution in [0, 0.1) is 0 Å². The second kappa shape index (κ2) is 6.33. The van der Waals surface area contributed by atoms with E-state index in [1.165, 1.54) is 6.42 Å². The van der Waals surface area contributed by atoms with Gasteiger partial charge in [-0.2, -0.15) is 0 Å². The molecular weight excluding hydrogens is 126 g/mol. The molecule has 0 bridgehead atoms. The number of hydrogen-bond donors (Lipinski definition) is 0. The van der Waals surface area contributed by atoms with Crippen LogP contribution in [0.4, 0.5) is 0 Å². The van der Waals surface area contributed by atoms with Crippen LogP contribution in [0.15, 0.2) is 17.3 Å². The molecule has 0 fully saturated rings. The van der Waals surface area contributed by atoms with Crippen molar-refractivity contribution in [1.29, 1.82) is 0 Å². The average Bonchev–Trinajstić information content (AvgIpc) is 1.89. The maximum Gasteiger partial charge on any atom is 0.106 e. The van der Waals surface area contributed by atoms with Gasteiger partial charge >= 0.3 is 0 Å². The van der Waals surface area contributed by atoms with E-state index < -0.39 is 0 Å². The molecule has 0 aliphatic carbocycles. The zero-order chi connectivity index (χ0) is 7.82. The van der Waals surface area contributed by atoms with Crippen molar-refractivity contribution in [2.75, 3.05) is 7.11 Å². The van der Waals surface area contributed by atoms with Gasteiger partial charge in [-0.25, -0.2) is 0 Å². The van der Waals surface area contributed by atoms with Crippen LogP contribution < -0.4 is 0 Å². The number of nitrogens with zero attached hydrogens (tertiary/aromatic N) is 1. The van der Waals surface area contributed by atoms with Crippen molar-refractivity contribution < 1.29 is 4.84 Å². The molecule has 0 rings (SSSR count). The van der Waals surface area contributed by atoms with E-state index >= 15 is 0 Å². The lowest BCUT2D eigenvalue weighted by molar-refractivity contribution is 0.213. The summed E-state index contributed by atoms with van der Waals surface area (Å²) in [5.74, 6) is 0. The van der Waals surface area contributed by atoms with Crippen LogP contribution in [0.3, 0.4) is 0 Å². The molecule has 0 atom stereocenters. The Balaban J connectivity index is 3.55. The molecule has 0 amide bonds. The molecule has 0 saturated heterocycles. The molecule has 0 spiro atoms. The summed E-state index contributed by atoms with van der Waals surface area (Å²) in [6.45, 7) is 4.06. The minimum Gasteiger partial charge on any atom is -0.399 e. The van der Waals surface area contributed by atoms with Gasteiger partial charge in [-0.15, -0.1) is 0 Å². The van der Waals surface area contributed by atoms with Gasteiger partial charge in [0.1, 0.15) is 7.11 Å². The van der Waals surface area contributed by atoms with E-state index in [0.717, 1.165) is 12.1 Å². The first-order valence-corrected chi connectivity index (χ1v) is 3.55. The van der Waals surface area contributed by atoms with Gasteiger partial charge in [-0.3, -0.25) is 0 Å². The first-order chi connectivity index (χ1) is 4.81. The lowest BCUT2D eigenvalue weighted by atomic mass is 10.3. The van der Waals surface area contributed by atoms with E-state index in [0.29, 0.717) is 0 Å². The van der Waals surface area contributed by atoms with E-state index in [4.69, 9.17) is 0 Å². The topological polar surface area (TPSA) is 21.6 Å². The summed E-state index contributed by atoms with van der Waals surface area (Å²) in [4.78, 5) is 4.57. The number of oxime groups is 1. The Kier molecular flexibility index (Phi) is 5.83. The third kappa shape index (κ3) is 5.35. The van der Waals surface area contributed by atoms with E-state index in [-0.39, 0.29) is 0 Å². The van der Waals surface area contributed by atoms with Crippen molar-refractivity contribution in [1.82, 2.24) is 0 Å². The molecule has 0 aromatic rings. The van der Waals surface area contributed by atoms with Gasteiger partial charge in [0.15, 0.2) is 0 Å². The van der Waals surface area contributed by atoms with Gasteiger partial charge in [0, 0.05) is 0 Å². The number of rotatable bonds is 4. The van der Waals surface area contributed by atoms with Crippen molar-refractivity contribution >= 4 is 5.71 Å². The molecule has 2 heteroatoms. The zero-order valence-corrected chi connectivity index (χ0v) is 6.92. The summed E-state index contributed by atoms with van der Waals surface area (Å²) in [6, 6.07) is 0. The van der Waals surface area contributed by atoms with Crippen LogP contribution in [-0.2, 0) is 4.84 Å². The Morgan fingerprint density at radius 3 is 2.80 bits per heavy atom. The Hall–Kier alpha value is -0.790. The van der Waals surface area contributed by atoms with Gasteiger partial charge in [0.2, 0.25) is 0 Å². The molecule has 0 aromatic carbocycles. The number of hydrogen-bond acceptors (Lipinski definition) is 2. The highest BCUT2D eigenvalue weighted by atomic mass is 16.6. The molecule has 10 heavy (non-hydrogen) atoms. The van der Waals surface area contributed by atoms with Gasteiger partial charge in [0.05, 0.1) is 5.71 Å². The van der Waals surface area contributed by atoms with Crippen molar-refractivity contribution in [3.63, 3.8) is 0 Å². The fourth-order valence-corrected chi connectivity index (χ4v) is 0.595. The summed E-state index contributed by atoms with van der Waals surface area (Å²) in [5, 5.41) is 3.73. The lowest BCUT2D eigenvalue weighted by Gasteiger charge is -1.89. The number of unbranched alkanes of at least 4 members (excludes halogenated alkanes) is 1. The number of allylic oxidation sites excluding steroid dienone is 2. The molecule has 0 aliphatic rings. The Morgan fingerprint density at radius 1 is 1.60 bits per heavy atom. The summed E-state index contributed by atoms with van der Waals surface area (Å²) < 4.78 is 0. The third-order valence-electron chi connectivity index (χ3n) is 1.05. The molecule has 0 heterocycles. The molecule has 0 N–H and O–H groups in total. The average molecular weight is 141 g/mol. The summed E-state index contributed by atoms with van der Waals surface area (Å²) in [7, 11) is 1.55. The molecule has 0 saturated carbocycles. The third-order valence-corrected chi connectivity index (χ3v) is 1.05. The van der Waals surface area contributed by atoms with E-state index in [1.807, 2.05) is 13.0 Å². The molecule has 0 unspecified atom stereocenters. The minimum absolute atomic E-state index is 0.913. The molecule has 58 valence electrons. The lowest BCUT2D eigenvalue weighted by Crippen LogP contribution is -1.84. The van der Waals surface area contributed by atoms with Crippen molar-refractivity contribution in [3.05, 3.63) is 12.2 Å². The standard InChI is InChI=1S/C8H15NO/c1-4-5-6-7-8(2)9-10-3/h6-7H,4-5H2,1-3H3/b7-6-,9-8-. The van der Waals surface area contributed by atoms with E-state index in [9.17, 15) is 0 Å². The highest BCUT2D eigenvalue weighted by Gasteiger charge is 1.80. The summed E-state index contributed by atoms with van der Waals surface area (Å²) in [5.41, 5.74) is 0.913. The maximum absolute atomic E-state index is 4.57. The van der Waals surface area contributed by atoms with Gasteiger partial charge in [-0.1, -0.05) is 24.6 Å². The summed E-state index contributed by atoms with van der Waals surface area (Å²) in [6.07, 6.45) is 6.35. The van der Waals surface area contributed by atoms with Crippen LogP contribution in [0.25, 0.3) is 0 Å². The Labute approximate surface area is 62.6 Å². The minimum atomic E-state index is 0.913. The van der Waals surface area contributed by atoms with Crippen molar-refractivity contribution in [3.8, 4) is 0 Å². The van der Waals surface area contributed by atoms with Crippen molar-refractivity contribution in [2.24, 2.45) is 5.16 Å². The van der Waals surface area contributed by atoms with Crippen LogP contribution in [0.2, 0.25) is 0 Å². The summed E-state index contributed by atoms with van der Waals surface area (Å²) >= 11 is 0. The fourth-order valence-electron chi connectivity index (χ4n) is 0.595. The molecule has 2 nitrogen and oxygen atoms in total. The van der Waals surface area contributed by atoms with Crippen molar-refractivity contribution in [2.45, 2.75) is 26.7 Å². The van der Waals surface area contributed by atoms with Gasteiger partial charge < -0.3 is 4.84 Å². The Morgan fingerprint density at radius 2 is 2.30 bits per heavy atom. The predicted octanol–water partition coefficient (Wildman–Crippen LogP) is 2.37. The second-order valence-electron chi connectivity index (χ2n) is 2.11. The smallest absolute Gasteiger partial charge is 0.106 e. The highest BCUT2D eigenvalue weighted by Crippen LogP contribution is 1.89. The maximum atomic E-state index is 4.57. The van der Waals surface area contributed by atoms with Crippen LogP contribution in [-0.4, -0.2) is 12.8 Å². The van der Waals surface area contributed by atoms with Gasteiger partial charge in [-0.05, 0) is 19.4 Å². The van der Waals surface area contributed by atoms with Gasteiger partial charge in [0.25, 0.3) is 0 Å². The van der Waals surface area contributed by atoms with Crippen LogP contribution in [0.1, 0.15) is 26.7 Å². The SMILES string of the molecule is CCC/C=C\C(C)=N/OC. The molecular formula is C8H15NO. The molecule has 0 aromatic heterocycles. The Bertz CT molecular complexity index is 127. The zero-order valence-electron chi connectivity index (χ0n) is 6.92. The largest absolute Gasteiger partial charge is 0.399 e. The quantitative estimate of drug-likeness (QED) is 0.435. The fraction of sp³-hybridized carbons (Fsp3) is 0.625. The van der Waals surface area contributed by atoms with Crippen LogP contribution in [0.5, 0.6) is 0 Å². The highest BCUT2D eigenvalue weighted by molar-refractivity contribution is 5.92. The monoisotopic (exact) mass is 141 g/mol.